The Hall–Kier alpha value is -0.280. The van der Waals surface area contributed by atoms with Crippen molar-refractivity contribution in [3.8, 4) is 0 Å². The molecule has 1 aliphatic rings. The Balaban J connectivity index is 2.28. The summed E-state index contributed by atoms with van der Waals surface area (Å²) >= 11 is 12.1. The summed E-state index contributed by atoms with van der Waals surface area (Å²) in [5.74, 6) is 0.249. The van der Waals surface area contributed by atoms with Gasteiger partial charge in [-0.2, -0.15) is 0 Å². The van der Waals surface area contributed by atoms with Gasteiger partial charge in [-0.15, -0.1) is 0 Å². The highest BCUT2D eigenvalue weighted by atomic mass is 35.5. The third kappa shape index (κ3) is 2.28. The minimum atomic E-state index is -0.173. The van der Waals surface area contributed by atoms with Crippen LogP contribution in [0.5, 0.6) is 0 Å². The summed E-state index contributed by atoms with van der Waals surface area (Å²) in [6.45, 7) is 1.26. The number of halogens is 2. The smallest absolute Gasteiger partial charge is 0.0854 e. The molecule has 0 saturated carbocycles. The topological polar surface area (TPSA) is 23.1 Å². The lowest BCUT2D eigenvalue weighted by molar-refractivity contribution is -0.848. The second kappa shape index (κ2) is 3.95. The molecule has 0 spiro atoms. The van der Waals surface area contributed by atoms with E-state index in [1.165, 1.54) is 0 Å². The van der Waals surface area contributed by atoms with E-state index in [0.29, 0.717) is 23.1 Å². The number of quaternary nitrogens is 1. The zero-order valence-electron chi connectivity index (χ0n) is 8.54. The molecule has 1 aromatic carbocycles. The number of hydrogen-bond acceptors (Lipinski definition) is 1. The van der Waals surface area contributed by atoms with Crippen LogP contribution in [-0.4, -0.2) is 24.8 Å². The summed E-state index contributed by atoms with van der Waals surface area (Å²) in [4.78, 5) is 0. The highest BCUT2D eigenvalue weighted by molar-refractivity contribution is 6.42. The molecule has 2 unspecified atom stereocenters. The number of likely N-dealkylation sites (N-methyl/N-ethyl adjacent to an activating group) is 1. The molecule has 82 valence electrons. The van der Waals surface area contributed by atoms with Crippen molar-refractivity contribution in [3.05, 3.63) is 39.0 Å². The zero-order valence-corrected chi connectivity index (χ0v) is 10.1. The van der Waals surface area contributed by atoms with E-state index in [1.54, 1.807) is 13.1 Å². The molecule has 1 fully saturated rings. The Morgan fingerprint density at radius 3 is 2.73 bits per heavy atom. The number of nitrogens with zero attached hydrogens (tertiary/aromatic N) is 1. The second-order valence-electron chi connectivity index (χ2n) is 4.33. The lowest BCUT2D eigenvalue weighted by atomic mass is 9.98. The summed E-state index contributed by atoms with van der Waals surface area (Å²) in [7, 11) is 1.71. The highest BCUT2D eigenvalue weighted by Crippen LogP contribution is 2.37. The molecule has 15 heavy (non-hydrogen) atoms. The van der Waals surface area contributed by atoms with Crippen LogP contribution in [0.3, 0.4) is 0 Å². The Kier molecular flexibility index (Phi) is 2.95. The predicted octanol–water partition coefficient (Wildman–Crippen LogP) is 3.43. The maximum Gasteiger partial charge on any atom is 0.0854 e. The quantitative estimate of drug-likeness (QED) is 0.550. The SMILES string of the molecule is C[N+]1([O-])CCC(c2cccc(Cl)c2Cl)C1. The number of hydroxylamine groups is 3. The first-order chi connectivity index (χ1) is 6.99. The molecule has 1 aromatic rings. The third-order valence-corrected chi connectivity index (χ3v) is 3.81. The van der Waals surface area contributed by atoms with Gasteiger partial charge in [0.1, 0.15) is 0 Å². The lowest BCUT2D eigenvalue weighted by Gasteiger charge is -2.33. The zero-order chi connectivity index (χ0) is 11.1. The molecular weight excluding hydrogens is 233 g/mol. The highest BCUT2D eigenvalue weighted by Gasteiger charge is 2.30. The van der Waals surface area contributed by atoms with Gasteiger partial charge in [0.05, 0.1) is 30.2 Å². The van der Waals surface area contributed by atoms with Crippen LogP contribution in [0.2, 0.25) is 10.0 Å². The van der Waals surface area contributed by atoms with E-state index in [9.17, 15) is 5.21 Å². The molecule has 1 heterocycles. The molecule has 2 rings (SSSR count). The number of rotatable bonds is 1. The second-order valence-corrected chi connectivity index (χ2v) is 5.12. The molecule has 1 saturated heterocycles. The average molecular weight is 246 g/mol. The maximum absolute atomic E-state index is 11.7. The van der Waals surface area contributed by atoms with Crippen molar-refractivity contribution in [2.75, 3.05) is 20.1 Å². The molecule has 4 heteroatoms. The van der Waals surface area contributed by atoms with Gasteiger partial charge >= 0.3 is 0 Å². The minimum absolute atomic E-state index is 0.173. The van der Waals surface area contributed by atoms with Gasteiger partial charge in [0.15, 0.2) is 0 Å². The average Bonchev–Trinajstić information content (AvgIpc) is 2.51. The summed E-state index contributed by atoms with van der Waals surface area (Å²) in [5.41, 5.74) is 1.02. The van der Waals surface area contributed by atoms with Crippen LogP contribution in [-0.2, 0) is 0 Å². The summed E-state index contributed by atoms with van der Waals surface area (Å²) in [6, 6.07) is 5.62. The molecule has 0 aliphatic carbocycles. The van der Waals surface area contributed by atoms with Gasteiger partial charge in [0, 0.05) is 12.3 Å². The van der Waals surface area contributed by atoms with Crippen molar-refractivity contribution in [2.24, 2.45) is 0 Å². The first kappa shape index (κ1) is 11.2. The van der Waals surface area contributed by atoms with Crippen molar-refractivity contribution in [3.63, 3.8) is 0 Å². The van der Waals surface area contributed by atoms with Crippen molar-refractivity contribution >= 4 is 23.2 Å². The Bertz CT molecular complexity index is 379. The van der Waals surface area contributed by atoms with E-state index in [4.69, 9.17) is 23.2 Å². The van der Waals surface area contributed by atoms with E-state index >= 15 is 0 Å². The standard InChI is InChI=1S/C11H13Cl2NO/c1-14(15)6-5-8(7-14)9-3-2-4-10(12)11(9)13/h2-4,8H,5-7H2,1H3. The van der Waals surface area contributed by atoms with Gasteiger partial charge in [-0.1, -0.05) is 35.3 Å². The normalized spacial score (nSPS) is 30.8. The third-order valence-electron chi connectivity index (χ3n) is 2.98. The Labute approximate surface area is 99.6 Å². The van der Waals surface area contributed by atoms with Crippen LogP contribution in [0, 0.1) is 5.21 Å². The first-order valence-electron chi connectivity index (χ1n) is 4.99. The number of benzene rings is 1. The number of likely N-dealkylation sites (tertiary alicyclic amines) is 1. The fourth-order valence-corrected chi connectivity index (χ4v) is 2.63. The van der Waals surface area contributed by atoms with Crippen LogP contribution in [0.15, 0.2) is 18.2 Å². The molecule has 0 bridgehead atoms. The fraction of sp³-hybridized carbons (Fsp3) is 0.455. The van der Waals surface area contributed by atoms with Gasteiger partial charge in [0.2, 0.25) is 0 Å². The van der Waals surface area contributed by atoms with E-state index in [0.717, 1.165) is 12.0 Å². The molecule has 0 N–H and O–H groups in total. The minimum Gasteiger partial charge on any atom is -0.633 e. The van der Waals surface area contributed by atoms with Gasteiger partial charge in [0.25, 0.3) is 0 Å². The molecule has 0 radical (unpaired) electrons. The summed E-state index contributed by atoms with van der Waals surface area (Å²) in [5, 5.41) is 12.9. The molecule has 1 aliphatic heterocycles. The number of hydrogen-bond donors (Lipinski definition) is 0. The molecule has 0 aromatic heterocycles. The monoisotopic (exact) mass is 245 g/mol. The first-order valence-corrected chi connectivity index (χ1v) is 5.75. The maximum atomic E-state index is 11.7. The van der Waals surface area contributed by atoms with E-state index in [2.05, 4.69) is 0 Å². The van der Waals surface area contributed by atoms with Crippen LogP contribution >= 0.6 is 23.2 Å². The van der Waals surface area contributed by atoms with Crippen molar-refractivity contribution < 1.29 is 4.65 Å². The van der Waals surface area contributed by atoms with Gasteiger partial charge in [-0.05, 0) is 11.6 Å². The van der Waals surface area contributed by atoms with Crippen molar-refractivity contribution in [1.82, 2.24) is 0 Å². The van der Waals surface area contributed by atoms with E-state index in [1.807, 2.05) is 12.1 Å². The molecule has 0 amide bonds. The fourth-order valence-electron chi connectivity index (χ4n) is 2.17. The molecule has 2 nitrogen and oxygen atoms in total. The Morgan fingerprint density at radius 1 is 1.40 bits per heavy atom. The van der Waals surface area contributed by atoms with Crippen LogP contribution in [0.4, 0.5) is 0 Å². The predicted molar refractivity (Wildman–Crippen MR) is 63.1 cm³/mol. The van der Waals surface area contributed by atoms with Gasteiger partial charge in [-0.25, -0.2) is 0 Å². The van der Waals surface area contributed by atoms with Gasteiger partial charge < -0.3 is 9.85 Å². The summed E-state index contributed by atoms with van der Waals surface area (Å²) in [6.07, 6.45) is 0.889. The largest absolute Gasteiger partial charge is 0.633 e. The lowest BCUT2D eigenvalue weighted by Crippen LogP contribution is -2.34. The van der Waals surface area contributed by atoms with Crippen molar-refractivity contribution in [2.45, 2.75) is 12.3 Å². The van der Waals surface area contributed by atoms with Crippen LogP contribution in [0.25, 0.3) is 0 Å². The summed E-state index contributed by atoms with van der Waals surface area (Å²) < 4.78 is -0.173. The Morgan fingerprint density at radius 2 is 2.13 bits per heavy atom. The van der Waals surface area contributed by atoms with E-state index in [-0.39, 0.29) is 10.6 Å². The molecule has 2 atom stereocenters. The van der Waals surface area contributed by atoms with Crippen LogP contribution in [0.1, 0.15) is 17.9 Å². The van der Waals surface area contributed by atoms with Gasteiger partial charge in [-0.3, -0.25) is 0 Å². The van der Waals surface area contributed by atoms with Crippen LogP contribution < -0.4 is 0 Å². The van der Waals surface area contributed by atoms with E-state index < -0.39 is 0 Å². The van der Waals surface area contributed by atoms with Crippen molar-refractivity contribution in [1.29, 1.82) is 0 Å². The molecular formula is C11H13Cl2NO.